The lowest BCUT2D eigenvalue weighted by Crippen LogP contribution is -2.10. The summed E-state index contributed by atoms with van der Waals surface area (Å²) in [6, 6.07) is 25.6. The Morgan fingerprint density at radius 3 is 2.07 bits per heavy atom. The molecule has 138 valence electrons. The number of hydrogen-bond acceptors (Lipinski definition) is 2. The predicted octanol–water partition coefficient (Wildman–Crippen LogP) is 5.14. The molecule has 0 atom stereocenters. The molecule has 28 heavy (non-hydrogen) atoms. The lowest BCUT2D eigenvalue weighted by Gasteiger charge is -2.11. The molecule has 0 aliphatic heterocycles. The third-order valence-corrected chi connectivity index (χ3v) is 4.70. The van der Waals surface area contributed by atoms with Crippen LogP contribution in [0.2, 0.25) is 0 Å². The van der Waals surface area contributed by atoms with Crippen molar-refractivity contribution in [1.29, 1.82) is 0 Å². The van der Waals surface area contributed by atoms with Gasteiger partial charge >= 0.3 is 0 Å². The number of H-pyrrole nitrogens is 1. The van der Waals surface area contributed by atoms with Crippen LogP contribution in [0.5, 0.6) is 5.75 Å². The number of hydrogen-bond donors (Lipinski definition) is 2. The van der Waals surface area contributed by atoms with E-state index in [1.54, 1.807) is 12.1 Å². The highest BCUT2D eigenvalue weighted by Crippen LogP contribution is 2.27. The van der Waals surface area contributed by atoms with Gasteiger partial charge in [-0.1, -0.05) is 66.7 Å². The summed E-state index contributed by atoms with van der Waals surface area (Å²) in [6.45, 7) is 0. The van der Waals surface area contributed by atoms with Crippen molar-refractivity contribution in [2.24, 2.45) is 0 Å². The Morgan fingerprint density at radius 2 is 1.39 bits per heavy atom. The van der Waals surface area contributed by atoms with E-state index in [2.05, 4.69) is 17.1 Å². The number of pyridine rings is 1. The first kappa shape index (κ1) is 17.7. The molecule has 2 N–H and O–H groups in total. The second-order valence-electron chi connectivity index (χ2n) is 6.62. The van der Waals surface area contributed by atoms with Crippen LogP contribution in [0, 0.1) is 5.82 Å². The van der Waals surface area contributed by atoms with E-state index in [4.69, 9.17) is 0 Å². The quantitative estimate of drug-likeness (QED) is 0.522. The summed E-state index contributed by atoms with van der Waals surface area (Å²) in [5, 5.41) is 9.85. The van der Waals surface area contributed by atoms with E-state index in [1.807, 2.05) is 42.5 Å². The van der Waals surface area contributed by atoms with Gasteiger partial charge < -0.3 is 10.1 Å². The molecule has 4 aromatic rings. The summed E-state index contributed by atoms with van der Waals surface area (Å²) in [5.74, 6) is -0.696. The molecular formula is C24H18FNO2. The van der Waals surface area contributed by atoms with E-state index in [-0.39, 0.29) is 11.6 Å². The van der Waals surface area contributed by atoms with Crippen molar-refractivity contribution in [3.63, 3.8) is 0 Å². The fourth-order valence-corrected chi connectivity index (χ4v) is 3.23. The molecule has 3 nitrogen and oxygen atoms in total. The smallest absolute Gasteiger partial charge is 0.290 e. The number of aromatic nitrogens is 1. The van der Waals surface area contributed by atoms with Crippen molar-refractivity contribution in [3.8, 4) is 28.0 Å². The molecule has 4 rings (SSSR count). The van der Waals surface area contributed by atoms with Gasteiger partial charge in [-0.3, -0.25) is 4.79 Å². The number of rotatable bonds is 4. The van der Waals surface area contributed by atoms with Gasteiger partial charge in [-0.25, -0.2) is 4.39 Å². The number of halogens is 1. The van der Waals surface area contributed by atoms with Crippen LogP contribution in [-0.4, -0.2) is 10.1 Å². The zero-order valence-corrected chi connectivity index (χ0v) is 15.0. The third kappa shape index (κ3) is 3.71. The topological polar surface area (TPSA) is 53.1 Å². The first-order chi connectivity index (χ1) is 13.6. The normalized spacial score (nSPS) is 10.8. The van der Waals surface area contributed by atoms with E-state index in [1.165, 1.54) is 18.2 Å². The molecule has 0 fully saturated rings. The van der Waals surface area contributed by atoms with Crippen LogP contribution in [0.15, 0.2) is 89.7 Å². The second kappa shape index (κ2) is 7.53. The highest BCUT2D eigenvalue weighted by molar-refractivity contribution is 5.68. The number of benzene rings is 3. The Bertz CT molecular complexity index is 1150. The Balaban J connectivity index is 1.68. The second-order valence-corrected chi connectivity index (χ2v) is 6.62. The van der Waals surface area contributed by atoms with E-state index in [9.17, 15) is 14.3 Å². The number of aromatic hydroxyl groups is 1. The van der Waals surface area contributed by atoms with Crippen molar-refractivity contribution >= 4 is 0 Å². The molecule has 0 saturated heterocycles. The summed E-state index contributed by atoms with van der Waals surface area (Å²) in [5.41, 5.74) is 4.79. The molecule has 0 unspecified atom stereocenters. The molecule has 0 saturated carbocycles. The van der Waals surface area contributed by atoms with Gasteiger partial charge in [0.05, 0.1) is 0 Å². The first-order valence-electron chi connectivity index (χ1n) is 8.95. The van der Waals surface area contributed by atoms with Gasteiger partial charge in [0.15, 0.2) is 5.75 Å². The Kier molecular flexibility index (Phi) is 4.77. The standard InChI is InChI=1S/C24H18FNO2/c25-20-12-10-19(11-13-20)21-15-23(27)24(28)26-22(21)14-16-6-8-18(9-7-16)17-4-2-1-3-5-17/h1-13,15,27H,14H2,(H,26,28). The maximum absolute atomic E-state index is 13.3. The molecule has 4 heteroatoms. The Morgan fingerprint density at radius 1 is 0.786 bits per heavy atom. The molecule has 1 heterocycles. The average Bonchev–Trinajstić information content (AvgIpc) is 2.72. The fourth-order valence-electron chi connectivity index (χ4n) is 3.23. The molecule has 0 spiro atoms. The first-order valence-corrected chi connectivity index (χ1v) is 8.95. The summed E-state index contributed by atoms with van der Waals surface area (Å²) < 4.78 is 13.3. The highest BCUT2D eigenvalue weighted by atomic mass is 19.1. The number of aromatic amines is 1. The minimum Gasteiger partial charge on any atom is -0.503 e. The zero-order chi connectivity index (χ0) is 19.5. The third-order valence-electron chi connectivity index (χ3n) is 4.70. The minimum absolute atomic E-state index is 0.338. The monoisotopic (exact) mass is 371 g/mol. The van der Waals surface area contributed by atoms with Gasteiger partial charge in [-0.2, -0.15) is 0 Å². The Hall–Kier alpha value is -3.66. The van der Waals surface area contributed by atoms with Crippen LogP contribution >= 0.6 is 0 Å². The van der Waals surface area contributed by atoms with Gasteiger partial charge in [-0.05, 0) is 40.5 Å². The maximum atomic E-state index is 13.3. The van der Waals surface area contributed by atoms with E-state index < -0.39 is 5.56 Å². The van der Waals surface area contributed by atoms with E-state index in [0.717, 1.165) is 22.3 Å². The van der Waals surface area contributed by atoms with Gasteiger partial charge in [-0.15, -0.1) is 0 Å². The van der Waals surface area contributed by atoms with Crippen LogP contribution in [0.4, 0.5) is 4.39 Å². The van der Waals surface area contributed by atoms with E-state index >= 15 is 0 Å². The van der Waals surface area contributed by atoms with Crippen LogP contribution in [0.3, 0.4) is 0 Å². The summed E-state index contributed by atoms with van der Waals surface area (Å²) >= 11 is 0. The minimum atomic E-state index is -0.540. The van der Waals surface area contributed by atoms with E-state index in [0.29, 0.717) is 17.7 Å². The number of nitrogens with one attached hydrogen (secondary N) is 1. The molecule has 3 aromatic carbocycles. The molecule has 1 aromatic heterocycles. The fraction of sp³-hybridized carbons (Fsp3) is 0.0417. The van der Waals surface area contributed by atoms with Crippen LogP contribution in [0.1, 0.15) is 11.3 Å². The molecular weight excluding hydrogens is 353 g/mol. The van der Waals surface area contributed by atoms with Gasteiger partial charge in [0.25, 0.3) is 5.56 Å². The van der Waals surface area contributed by atoms with Gasteiger partial charge in [0, 0.05) is 17.7 Å². The lowest BCUT2D eigenvalue weighted by molar-refractivity contribution is 0.466. The van der Waals surface area contributed by atoms with Gasteiger partial charge in [0.2, 0.25) is 0 Å². The SMILES string of the molecule is O=c1[nH]c(Cc2ccc(-c3ccccc3)cc2)c(-c2ccc(F)cc2)cc1O. The summed E-state index contributed by atoms with van der Waals surface area (Å²) in [4.78, 5) is 14.7. The van der Waals surface area contributed by atoms with Crippen molar-refractivity contribution in [2.75, 3.05) is 0 Å². The predicted molar refractivity (Wildman–Crippen MR) is 109 cm³/mol. The molecule has 0 bridgehead atoms. The largest absolute Gasteiger partial charge is 0.503 e. The van der Waals surface area contributed by atoms with Crippen LogP contribution in [-0.2, 0) is 6.42 Å². The summed E-state index contributed by atoms with van der Waals surface area (Å²) in [7, 11) is 0. The lowest BCUT2D eigenvalue weighted by atomic mass is 9.97. The molecule has 0 radical (unpaired) electrons. The molecule has 0 aliphatic carbocycles. The van der Waals surface area contributed by atoms with Crippen molar-refractivity contribution in [1.82, 2.24) is 4.98 Å². The zero-order valence-electron chi connectivity index (χ0n) is 15.0. The van der Waals surface area contributed by atoms with Crippen LogP contribution in [0.25, 0.3) is 22.3 Å². The van der Waals surface area contributed by atoms with Crippen molar-refractivity contribution in [2.45, 2.75) is 6.42 Å². The Labute approximate surface area is 161 Å². The van der Waals surface area contributed by atoms with Crippen molar-refractivity contribution < 1.29 is 9.50 Å². The average molecular weight is 371 g/mol. The van der Waals surface area contributed by atoms with Gasteiger partial charge in [0.1, 0.15) is 5.82 Å². The maximum Gasteiger partial charge on any atom is 0.290 e. The highest BCUT2D eigenvalue weighted by Gasteiger charge is 2.11. The van der Waals surface area contributed by atoms with Crippen molar-refractivity contribution in [3.05, 3.63) is 112 Å². The summed E-state index contributed by atoms with van der Waals surface area (Å²) in [6.07, 6.45) is 0.483. The molecule has 0 aliphatic rings. The van der Waals surface area contributed by atoms with Crippen LogP contribution < -0.4 is 5.56 Å². The molecule has 0 amide bonds.